The molecule has 1 fully saturated rings. The Morgan fingerprint density at radius 2 is 1.79 bits per heavy atom. The van der Waals surface area contributed by atoms with Crippen molar-refractivity contribution >= 4 is 39.2 Å². The zero-order chi connectivity index (χ0) is 20.1. The Kier molecular flexibility index (Phi) is 6.72. The van der Waals surface area contributed by atoms with E-state index in [4.69, 9.17) is 0 Å². The van der Waals surface area contributed by atoms with Gasteiger partial charge < -0.3 is 16.0 Å². The highest BCUT2D eigenvalue weighted by molar-refractivity contribution is 9.10. The van der Waals surface area contributed by atoms with Crippen molar-refractivity contribution in [1.82, 2.24) is 15.1 Å². The van der Waals surface area contributed by atoms with Crippen LogP contribution in [0.2, 0.25) is 0 Å². The molecule has 2 aromatic rings. The van der Waals surface area contributed by atoms with Gasteiger partial charge in [-0.3, -0.25) is 9.48 Å². The van der Waals surface area contributed by atoms with E-state index in [0.717, 1.165) is 30.2 Å². The maximum Gasteiger partial charge on any atom is 0.319 e. The summed E-state index contributed by atoms with van der Waals surface area (Å²) in [5, 5.41) is 12.8. The molecular weight excluding hydrogens is 422 g/mol. The number of carbonyl (C=O) groups is 2. The second kappa shape index (κ2) is 9.23. The molecule has 1 heterocycles. The highest BCUT2D eigenvalue weighted by atomic mass is 79.9. The number of rotatable bonds is 6. The maximum atomic E-state index is 12.9. The summed E-state index contributed by atoms with van der Waals surface area (Å²) in [7, 11) is 0. The lowest BCUT2D eigenvalue weighted by Crippen LogP contribution is -2.49. The fourth-order valence-electron chi connectivity index (χ4n) is 3.43. The number of aromatic nitrogens is 2. The Balaban J connectivity index is 1.66. The fraction of sp³-hybridized carbons (Fsp3) is 0.450. The van der Waals surface area contributed by atoms with E-state index >= 15 is 0 Å². The molecule has 0 bridgehead atoms. The predicted octanol–water partition coefficient (Wildman–Crippen LogP) is 4.55. The molecule has 3 N–H and O–H groups in total. The number of benzene rings is 1. The summed E-state index contributed by atoms with van der Waals surface area (Å²) in [5.74, 6) is -0.0722. The molecule has 1 saturated carbocycles. The molecule has 1 unspecified atom stereocenters. The maximum absolute atomic E-state index is 12.9. The van der Waals surface area contributed by atoms with Gasteiger partial charge in [-0.1, -0.05) is 28.8 Å². The smallest absolute Gasteiger partial charge is 0.319 e. The van der Waals surface area contributed by atoms with E-state index in [9.17, 15) is 9.59 Å². The summed E-state index contributed by atoms with van der Waals surface area (Å²) in [5.41, 5.74) is 1.31. The number of amides is 3. The summed E-state index contributed by atoms with van der Waals surface area (Å²) in [6, 6.07) is 6.55. The van der Waals surface area contributed by atoms with Crippen LogP contribution < -0.4 is 16.0 Å². The van der Waals surface area contributed by atoms with Gasteiger partial charge in [0.2, 0.25) is 5.91 Å². The van der Waals surface area contributed by atoms with Crippen LogP contribution in [0.25, 0.3) is 0 Å². The van der Waals surface area contributed by atoms with Crippen molar-refractivity contribution in [1.29, 1.82) is 0 Å². The molecule has 1 aliphatic carbocycles. The van der Waals surface area contributed by atoms with Gasteiger partial charge in [-0.05, 0) is 56.9 Å². The van der Waals surface area contributed by atoms with E-state index in [0.29, 0.717) is 11.4 Å². The first-order valence-electron chi connectivity index (χ1n) is 9.60. The van der Waals surface area contributed by atoms with Gasteiger partial charge >= 0.3 is 6.03 Å². The fourth-order valence-corrected chi connectivity index (χ4v) is 3.70. The van der Waals surface area contributed by atoms with E-state index in [1.807, 2.05) is 26.0 Å². The van der Waals surface area contributed by atoms with Crippen molar-refractivity contribution in [2.75, 3.05) is 10.6 Å². The molecule has 150 valence electrons. The van der Waals surface area contributed by atoms with Crippen LogP contribution >= 0.6 is 15.9 Å². The molecule has 0 radical (unpaired) electrons. The number of hydrogen-bond donors (Lipinski definition) is 3. The van der Waals surface area contributed by atoms with Crippen LogP contribution in [-0.4, -0.2) is 27.8 Å². The average molecular weight is 448 g/mol. The highest BCUT2D eigenvalue weighted by Crippen LogP contribution is 2.28. The van der Waals surface area contributed by atoms with Gasteiger partial charge in [0.05, 0.1) is 11.9 Å². The Labute approximate surface area is 173 Å². The third-order valence-electron chi connectivity index (χ3n) is 4.94. The monoisotopic (exact) mass is 447 g/mol. The van der Waals surface area contributed by atoms with Crippen LogP contribution in [0.3, 0.4) is 0 Å². The van der Waals surface area contributed by atoms with Crippen LogP contribution in [-0.2, 0) is 4.79 Å². The molecule has 0 saturated heterocycles. The number of nitrogens with zero attached hydrogens (tertiary/aromatic N) is 2. The van der Waals surface area contributed by atoms with Gasteiger partial charge in [-0.2, -0.15) is 5.10 Å². The number of anilines is 2. The Morgan fingerprint density at radius 3 is 2.39 bits per heavy atom. The third kappa shape index (κ3) is 5.34. The minimum Gasteiger partial charge on any atom is -0.326 e. The van der Waals surface area contributed by atoms with Gasteiger partial charge in [0.1, 0.15) is 6.04 Å². The van der Waals surface area contributed by atoms with Gasteiger partial charge in [0.25, 0.3) is 0 Å². The molecule has 1 aromatic carbocycles. The van der Waals surface area contributed by atoms with E-state index in [1.54, 1.807) is 29.2 Å². The lowest BCUT2D eigenvalue weighted by atomic mass is 9.97. The van der Waals surface area contributed by atoms with Crippen molar-refractivity contribution in [2.45, 2.75) is 51.6 Å². The van der Waals surface area contributed by atoms with Gasteiger partial charge in [-0.15, -0.1) is 0 Å². The Hall–Kier alpha value is -2.35. The zero-order valence-corrected chi connectivity index (χ0v) is 17.7. The molecule has 0 spiro atoms. The summed E-state index contributed by atoms with van der Waals surface area (Å²) in [6.07, 6.45) is 7.46. The highest BCUT2D eigenvalue weighted by Gasteiger charge is 2.32. The Morgan fingerprint density at radius 1 is 1.11 bits per heavy atom. The minimum atomic E-state index is -0.583. The first-order valence-corrected chi connectivity index (χ1v) is 10.4. The molecule has 1 aromatic heterocycles. The Bertz CT molecular complexity index is 812. The van der Waals surface area contributed by atoms with E-state index in [1.165, 1.54) is 0 Å². The zero-order valence-electron chi connectivity index (χ0n) is 16.1. The molecule has 3 rings (SSSR count). The van der Waals surface area contributed by atoms with Crippen molar-refractivity contribution in [3.8, 4) is 0 Å². The van der Waals surface area contributed by atoms with Gasteiger partial charge in [0, 0.05) is 22.4 Å². The lowest BCUT2D eigenvalue weighted by molar-refractivity contribution is -0.119. The SMILES string of the molecule is CC(C)n1cc(NC(=O)C(NC(=O)Nc2ccc(Br)cc2)C2CCCC2)cn1. The third-order valence-corrected chi connectivity index (χ3v) is 5.47. The molecular formula is C20H26BrN5O2. The van der Waals surface area contributed by atoms with Crippen molar-refractivity contribution in [3.05, 3.63) is 41.1 Å². The summed E-state index contributed by atoms with van der Waals surface area (Å²) in [4.78, 5) is 25.4. The molecule has 3 amide bonds. The first-order chi connectivity index (χ1) is 13.4. The predicted molar refractivity (Wildman–Crippen MR) is 113 cm³/mol. The number of nitrogens with one attached hydrogen (secondary N) is 3. The number of halogens is 1. The standard InChI is InChI=1S/C20H26BrN5O2/c1-13(2)26-12-17(11-22-26)23-19(27)18(14-5-3-4-6-14)25-20(28)24-16-9-7-15(21)8-10-16/h7-14,18H,3-6H2,1-2H3,(H,23,27)(H2,24,25,28). The molecule has 28 heavy (non-hydrogen) atoms. The number of carbonyl (C=O) groups excluding carboxylic acids is 2. The minimum absolute atomic E-state index is 0.135. The van der Waals surface area contributed by atoms with Gasteiger partial charge in [-0.25, -0.2) is 4.79 Å². The van der Waals surface area contributed by atoms with E-state index in [2.05, 4.69) is 37.0 Å². The second-order valence-corrected chi connectivity index (χ2v) is 8.34. The van der Waals surface area contributed by atoms with E-state index in [-0.39, 0.29) is 23.9 Å². The second-order valence-electron chi connectivity index (χ2n) is 7.42. The van der Waals surface area contributed by atoms with Crippen LogP contribution in [0.4, 0.5) is 16.2 Å². The van der Waals surface area contributed by atoms with Crippen LogP contribution in [0.5, 0.6) is 0 Å². The molecule has 7 nitrogen and oxygen atoms in total. The van der Waals surface area contributed by atoms with Crippen LogP contribution in [0.1, 0.15) is 45.6 Å². The van der Waals surface area contributed by atoms with Crippen molar-refractivity contribution < 1.29 is 9.59 Å². The average Bonchev–Trinajstić information content (AvgIpc) is 3.33. The lowest BCUT2D eigenvalue weighted by Gasteiger charge is -2.23. The van der Waals surface area contributed by atoms with Crippen LogP contribution in [0.15, 0.2) is 41.1 Å². The van der Waals surface area contributed by atoms with Crippen molar-refractivity contribution in [3.63, 3.8) is 0 Å². The summed E-state index contributed by atoms with van der Waals surface area (Å²) in [6.45, 7) is 4.04. The van der Waals surface area contributed by atoms with Gasteiger partial charge in [0.15, 0.2) is 0 Å². The molecule has 1 atom stereocenters. The number of urea groups is 1. The molecule has 1 aliphatic rings. The normalized spacial score (nSPS) is 15.4. The quantitative estimate of drug-likeness (QED) is 0.606. The molecule has 0 aliphatic heterocycles. The number of hydrogen-bond acceptors (Lipinski definition) is 3. The largest absolute Gasteiger partial charge is 0.326 e. The topological polar surface area (TPSA) is 88.0 Å². The summed E-state index contributed by atoms with van der Waals surface area (Å²) < 4.78 is 2.72. The van der Waals surface area contributed by atoms with Crippen molar-refractivity contribution in [2.24, 2.45) is 5.92 Å². The summed E-state index contributed by atoms with van der Waals surface area (Å²) >= 11 is 3.37. The molecule has 8 heteroatoms. The van der Waals surface area contributed by atoms with Crippen LogP contribution in [0, 0.1) is 5.92 Å². The van der Waals surface area contributed by atoms with E-state index < -0.39 is 6.04 Å². The first kappa shape index (κ1) is 20.4.